The lowest BCUT2D eigenvalue weighted by molar-refractivity contribution is 0.241. The molecule has 0 aliphatic carbocycles. The Labute approximate surface area is 129 Å². The third-order valence-electron chi connectivity index (χ3n) is 3.13. The maximum absolute atomic E-state index is 13.9. The fraction of sp³-hybridized carbons (Fsp3) is 0.500. The molecule has 122 valence electrons. The molecule has 0 bridgehead atoms. The van der Waals surface area contributed by atoms with Crippen molar-refractivity contribution in [2.24, 2.45) is 0 Å². The Bertz CT molecular complexity index is 661. The number of ether oxygens (including phenoxy) is 1. The molecule has 1 aromatic rings. The van der Waals surface area contributed by atoms with Crippen molar-refractivity contribution in [3.05, 3.63) is 24.0 Å². The quantitative estimate of drug-likeness (QED) is 0.883. The molecule has 0 unspecified atom stereocenters. The van der Waals surface area contributed by atoms with Crippen LogP contribution >= 0.6 is 0 Å². The van der Waals surface area contributed by atoms with E-state index < -0.39 is 27.7 Å². The van der Waals surface area contributed by atoms with Gasteiger partial charge in [-0.1, -0.05) is 0 Å². The van der Waals surface area contributed by atoms with Gasteiger partial charge < -0.3 is 15.4 Å². The normalized spacial score (nSPS) is 19.9. The molecular formula is C14H19FN2O4S. The van der Waals surface area contributed by atoms with Gasteiger partial charge in [-0.25, -0.2) is 17.6 Å². The van der Waals surface area contributed by atoms with Crippen molar-refractivity contribution in [2.75, 3.05) is 16.8 Å². The number of urea groups is 1. The van der Waals surface area contributed by atoms with Crippen molar-refractivity contribution in [1.29, 1.82) is 0 Å². The Morgan fingerprint density at radius 2 is 2.14 bits per heavy atom. The van der Waals surface area contributed by atoms with Crippen LogP contribution < -0.4 is 15.4 Å². The second kappa shape index (κ2) is 6.51. The van der Waals surface area contributed by atoms with E-state index in [1.807, 2.05) is 13.8 Å². The predicted octanol–water partition coefficient (Wildman–Crippen LogP) is 1.92. The van der Waals surface area contributed by atoms with Crippen molar-refractivity contribution in [2.45, 2.75) is 32.4 Å². The van der Waals surface area contributed by atoms with E-state index in [4.69, 9.17) is 4.74 Å². The van der Waals surface area contributed by atoms with Crippen molar-refractivity contribution < 1.29 is 22.3 Å². The number of sulfone groups is 1. The molecular weight excluding hydrogens is 311 g/mol. The molecule has 8 heteroatoms. The van der Waals surface area contributed by atoms with Gasteiger partial charge in [0.05, 0.1) is 23.3 Å². The van der Waals surface area contributed by atoms with Crippen LogP contribution in [0.15, 0.2) is 18.2 Å². The van der Waals surface area contributed by atoms with Gasteiger partial charge >= 0.3 is 6.03 Å². The lowest BCUT2D eigenvalue weighted by atomic mass is 10.2. The smallest absolute Gasteiger partial charge is 0.319 e. The van der Waals surface area contributed by atoms with Crippen molar-refractivity contribution >= 4 is 21.6 Å². The molecule has 1 aliphatic heterocycles. The van der Waals surface area contributed by atoms with Gasteiger partial charge in [0.25, 0.3) is 0 Å². The van der Waals surface area contributed by atoms with Crippen LogP contribution in [0.3, 0.4) is 0 Å². The number of halogens is 1. The molecule has 1 fully saturated rings. The monoisotopic (exact) mass is 330 g/mol. The Morgan fingerprint density at radius 3 is 2.68 bits per heavy atom. The molecule has 0 aromatic heterocycles. The van der Waals surface area contributed by atoms with Crippen molar-refractivity contribution in [3.63, 3.8) is 0 Å². The van der Waals surface area contributed by atoms with Crippen molar-refractivity contribution in [3.8, 4) is 5.75 Å². The van der Waals surface area contributed by atoms with Gasteiger partial charge in [0, 0.05) is 12.1 Å². The molecule has 1 aromatic carbocycles. The van der Waals surface area contributed by atoms with E-state index in [0.29, 0.717) is 12.2 Å². The molecule has 2 rings (SSSR count). The molecule has 1 saturated heterocycles. The van der Waals surface area contributed by atoms with E-state index in [1.54, 1.807) is 6.07 Å². The lowest BCUT2D eigenvalue weighted by Crippen LogP contribution is -2.38. The first-order valence-electron chi connectivity index (χ1n) is 6.99. The fourth-order valence-electron chi connectivity index (χ4n) is 2.20. The SMILES string of the molecule is CC(C)Oc1ccc(NC(=O)N[C@@H]2CCS(=O)(=O)C2)c(F)c1. The van der Waals surface area contributed by atoms with Crippen LogP contribution in [0.5, 0.6) is 5.75 Å². The number of hydrogen-bond acceptors (Lipinski definition) is 4. The zero-order valence-electron chi connectivity index (χ0n) is 12.4. The van der Waals surface area contributed by atoms with Crippen molar-refractivity contribution in [1.82, 2.24) is 5.32 Å². The molecule has 0 spiro atoms. The molecule has 0 saturated carbocycles. The van der Waals surface area contributed by atoms with Gasteiger partial charge in [-0.05, 0) is 32.4 Å². The molecule has 0 radical (unpaired) electrons. The summed E-state index contributed by atoms with van der Waals surface area (Å²) >= 11 is 0. The molecule has 2 N–H and O–H groups in total. The molecule has 6 nitrogen and oxygen atoms in total. The van der Waals surface area contributed by atoms with E-state index in [9.17, 15) is 17.6 Å². The van der Waals surface area contributed by atoms with E-state index in [0.717, 1.165) is 0 Å². The van der Waals surface area contributed by atoms with Crippen LogP contribution in [-0.4, -0.2) is 38.1 Å². The Hall–Kier alpha value is -1.83. The molecule has 1 atom stereocenters. The summed E-state index contributed by atoms with van der Waals surface area (Å²) in [5, 5.41) is 4.90. The molecule has 1 heterocycles. The number of amides is 2. The standard InChI is InChI=1S/C14H19FN2O4S/c1-9(2)21-11-3-4-13(12(15)7-11)17-14(18)16-10-5-6-22(19,20)8-10/h3-4,7,9-10H,5-6,8H2,1-2H3,(H2,16,17,18)/t10-/m1/s1. The number of benzene rings is 1. The average molecular weight is 330 g/mol. The number of hydrogen-bond donors (Lipinski definition) is 2. The minimum absolute atomic E-state index is 0.00876. The van der Waals surface area contributed by atoms with Gasteiger partial charge in [0.1, 0.15) is 11.6 Å². The Balaban J connectivity index is 1.94. The first-order chi connectivity index (χ1) is 10.2. The Kier molecular flexibility index (Phi) is 4.90. The largest absolute Gasteiger partial charge is 0.491 e. The maximum atomic E-state index is 13.9. The summed E-state index contributed by atoms with van der Waals surface area (Å²) in [5.41, 5.74) is 0.00876. The summed E-state index contributed by atoms with van der Waals surface area (Å²) in [6.07, 6.45) is 0.296. The van der Waals surface area contributed by atoms with Gasteiger partial charge in [-0.2, -0.15) is 0 Å². The second-order valence-corrected chi connectivity index (χ2v) is 7.74. The predicted molar refractivity (Wildman–Crippen MR) is 81.4 cm³/mol. The summed E-state index contributed by atoms with van der Waals surface area (Å²) in [4.78, 5) is 11.8. The number of carbonyl (C=O) groups excluding carboxylic acids is 1. The summed E-state index contributed by atoms with van der Waals surface area (Å²) in [6.45, 7) is 3.65. The average Bonchev–Trinajstić information content (AvgIpc) is 2.71. The fourth-order valence-corrected chi connectivity index (χ4v) is 3.87. The number of carbonyl (C=O) groups is 1. The zero-order valence-corrected chi connectivity index (χ0v) is 13.2. The minimum Gasteiger partial charge on any atom is -0.491 e. The van der Waals surface area contributed by atoms with Crippen LogP contribution in [0.4, 0.5) is 14.9 Å². The maximum Gasteiger partial charge on any atom is 0.319 e. The van der Waals surface area contributed by atoms with E-state index >= 15 is 0 Å². The number of rotatable bonds is 4. The van der Waals surface area contributed by atoms with Gasteiger partial charge in [0.15, 0.2) is 9.84 Å². The summed E-state index contributed by atoms with van der Waals surface area (Å²) in [6, 6.07) is 3.09. The van der Waals surface area contributed by atoms with Gasteiger partial charge in [-0.3, -0.25) is 0 Å². The van der Waals surface area contributed by atoms with E-state index in [-0.39, 0.29) is 23.3 Å². The van der Waals surface area contributed by atoms with Crippen LogP contribution in [0, 0.1) is 5.82 Å². The highest BCUT2D eigenvalue weighted by Gasteiger charge is 2.29. The Morgan fingerprint density at radius 1 is 1.41 bits per heavy atom. The van der Waals surface area contributed by atoms with Gasteiger partial charge in [-0.15, -0.1) is 0 Å². The number of nitrogens with one attached hydrogen (secondary N) is 2. The number of anilines is 1. The summed E-state index contributed by atoms with van der Waals surface area (Å²) < 4.78 is 41.9. The van der Waals surface area contributed by atoms with E-state index in [1.165, 1.54) is 12.1 Å². The first-order valence-corrected chi connectivity index (χ1v) is 8.81. The van der Waals surface area contributed by atoms with Gasteiger partial charge in [0.2, 0.25) is 0 Å². The van der Waals surface area contributed by atoms with Crippen LogP contribution in [0.2, 0.25) is 0 Å². The first kappa shape index (κ1) is 16.5. The third kappa shape index (κ3) is 4.59. The highest BCUT2D eigenvalue weighted by atomic mass is 32.2. The minimum atomic E-state index is -3.07. The molecule has 2 amide bonds. The van der Waals surface area contributed by atoms with E-state index in [2.05, 4.69) is 10.6 Å². The molecule has 22 heavy (non-hydrogen) atoms. The van der Waals surface area contributed by atoms with Crippen LogP contribution in [0.25, 0.3) is 0 Å². The summed E-state index contributed by atoms with van der Waals surface area (Å²) in [7, 11) is -3.07. The lowest BCUT2D eigenvalue weighted by Gasteiger charge is -2.14. The summed E-state index contributed by atoms with van der Waals surface area (Å²) in [5.74, 6) is -0.259. The third-order valence-corrected chi connectivity index (χ3v) is 4.90. The molecule has 1 aliphatic rings. The van der Waals surface area contributed by atoms with Crippen LogP contribution in [0.1, 0.15) is 20.3 Å². The van der Waals surface area contributed by atoms with Crippen LogP contribution in [-0.2, 0) is 9.84 Å². The highest BCUT2D eigenvalue weighted by molar-refractivity contribution is 7.91. The highest BCUT2D eigenvalue weighted by Crippen LogP contribution is 2.21. The zero-order chi connectivity index (χ0) is 16.3. The topological polar surface area (TPSA) is 84.5 Å². The second-order valence-electron chi connectivity index (χ2n) is 5.51.